The molecule has 1 aromatic carbocycles. The Morgan fingerprint density at radius 3 is 2.38 bits per heavy atom. The van der Waals surface area contributed by atoms with Gasteiger partial charge in [0.25, 0.3) is 0 Å². The summed E-state index contributed by atoms with van der Waals surface area (Å²) in [6, 6.07) is 1.75. The van der Waals surface area contributed by atoms with Gasteiger partial charge in [-0.05, 0) is 50.7 Å². The first kappa shape index (κ1) is 25.6. The standard InChI is InChI=1S/C23H26ClF2N7O3S/c1-37(35,36)15-8-13(9-15)29-22-28-10-18-21(32-22)33(14-4-2-11(3-5-14)20(27)34)23(30-18)31-19-16(25)6-12(24)7-17(19)26/h6-7,10-11,13-15H,2-5,8-9H2,1H3,(H2,27,34)(H,30,31)(H,28,29,32). The molecule has 0 bridgehead atoms. The van der Waals surface area contributed by atoms with E-state index in [9.17, 15) is 22.0 Å². The van der Waals surface area contributed by atoms with Gasteiger partial charge in [-0.25, -0.2) is 27.2 Å². The predicted octanol–water partition coefficient (Wildman–Crippen LogP) is 3.71. The van der Waals surface area contributed by atoms with Gasteiger partial charge in [-0.1, -0.05) is 11.6 Å². The van der Waals surface area contributed by atoms with E-state index in [2.05, 4.69) is 25.6 Å². The number of nitrogens with one attached hydrogen (secondary N) is 2. The van der Waals surface area contributed by atoms with Gasteiger partial charge < -0.3 is 16.4 Å². The van der Waals surface area contributed by atoms with Crippen LogP contribution in [-0.4, -0.2) is 51.4 Å². The Bertz CT molecular complexity index is 1450. The Morgan fingerprint density at radius 1 is 1.14 bits per heavy atom. The lowest BCUT2D eigenvalue weighted by Gasteiger charge is -2.34. The lowest BCUT2D eigenvalue weighted by Crippen LogP contribution is -2.43. The van der Waals surface area contributed by atoms with Crippen LogP contribution in [0.4, 0.5) is 26.4 Å². The smallest absolute Gasteiger partial charge is 0.224 e. The zero-order valence-corrected chi connectivity index (χ0v) is 21.5. The summed E-state index contributed by atoms with van der Waals surface area (Å²) in [5, 5.41) is 5.46. The van der Waals surface area contributed by atoms with Crippen LogP contribution in [0.1, 0.15) is 44.6 Å². The van der Waals surface area contributed by atoms with Crippen LogP contribution in [-0.2, 0) is 14.6 Å². The molecular formula is C23H26ClF2N7O3S. The number of carbonyl (C=O) groups is 1. The number of rotatable bonds is 7. The number of imidazole rings is 1. The number of primary amides is 1. The highest BCUT2D eigenvalue weighted by atomic mass is 35.5. The van der Waals surface area contributed by atoms with E-state index in [0.717, 1.165) is 12.1 Å². The summed E-state index contributed by atoms with van der Waals surface area (Å²) in [5.41, 5.74) is 5.93. The molecule has 14 heteroatoms. The van der Waals surface area contributed by atoms with Crippen molar-refractivity contribution in [3.63, 3.8) is 0 Å². The molecule has 2 saturated carbocycles. The van der Waals surface area contributed by atoms with E-state index < -0.39 is 27.2 Å². The summed E-state index contributed by atoms with van der Waals surface area (Å²) in [4.78, 5) is 25.1. The summed E-state index contributed by atoms with van der Waals surface area (Å²) >= 11 is 5.77. The molecule has 0 saturated heterocycles. The summed E-state index contributed by atoms with van der Waals surface area (Å²) in [6.07, 6.45) is 5.94. The lowest BCUT2D eigenvalue weighted by atomic mass is 9.85. The predicted molar refractivity (Wildman–Crippen MR) is 135 cm³/mol. The number of fused-ring (bicyclic) bond motifs is 1. The van der Waals surface area contributed by atoms with Crippen LogP contribution in [0.25, 0.3) is 11.2 Å². The molecule has 0 aliphatic heterocycles. The number of amides is 1. The number of halogens is 3. The normalized spacial score (nSPS) is 24.0. The monoisotopic (exact) mass is 553 g/mol. The van der Waals surface area contributed by atoms with Gasteiger partial charge in [0, 0.05) is 29.3 Å². The molecule has 5 rings (SSSR count). The van der Waals surface area contributed by atoms with Crippen molar-refractivity contribution in [3.8, 4) is 0 Å². The molecule has 2 aromatic heterocycles. The molecular weight excluding hydrogens is 528 g/mol. The van der Waals surface area contributed by atoms with Crippen molar-refractivity contribution in [1.29, 1.82) is 0 Å². The molecule has 0 spiro atoms. The molecule has 198 valence electrons. The number of anilines is 3. The first-order valence-corrected chi connectivity index (χ1v) is 14.2. The van der Waals surface area contributed by atoms with Crippen LogP contribution in [0.15, 0.2) is 18.3 Å². The maximum atomic E-state index is 14.6. The Morgan fingerprint density at radius 2 is 1.78 bits per heavy atom. The Labute approximate surface area is 216 Å². The molecule has 2 heterocycles. The first-order chi connectivity index (χ1) is 17.5. The van der Waals surface area contributed by atoms with Crippen molar-refractivity contribution in [2.24, 2.45) is 11.7 Å². The van der Waals surface area contributed by atoms with Crippen molar-refractivity contribution in [2.75, 3.05) is 16.9 Å². The molecule has 1 amide bonds. The number of nitrogens with zero attached hydrogens (tertiary/aromatic N) is 4. The third-order valence-electron chi connectivity index (χ3n) is 7.17. The third-order valence-corrected chi connectivity index (χ3v) is 8.99. The van der Waals surface area contributed by atoms with Gasteiger partial charge in [0.1, 0.15) is 21.0 Å². The molecule has 0 radical (unpaired) electrons. The van der Waals surface area contributed by atoms with E-state index in [1.165, 1.54) is 12.5 Å². The van der Waals surface area contributed by atoms with E-state index in [1.807, 2.05) is 0 Å². The maximum absolute atomic E-state index is 14.6. The first-order valence-electron chi connectivity index (χ1n) is 11.9. The largest absolute Gasteiger partial charge is 0.369 e. The second-order valence-corrected chi connectivity index (χ2v) is 12.5. The quantitative estimate of drug-likeness (QED) is 0.401. The molecule has 2 aliphatic rings. The molecule has 0 unspecified atom stereocenters. The van der Waals surface area contributed by atoms with Gasteiger partial charge in [0.2, 0.25) is 17.8 Å². The number of hydrogen-bond donors (Lipinski definition) is 3. The fraction of sp³-hybridized carbons (Fsp3) is 0.478. The van der Waals surface area contributed by atoms with Crippen LogP contribution in [0.3, 0.4) is 0 Å². The van der Waals surface area contributed by atoms with Crippen LogP contribution in [0.2, 0.25) is 5.02 Å². The molecule has 4 N–H and O–H groups in total. The average Bonchev–Trinajstić information content (AvgIpc) is 3.14. The second-order valence-electron chi connectivity index (χ2n) is 9.75. The van der Waals surface area contributed by atoms with Crippen molar-refractivity contribution in [1.82, 2.24) is 19.5 Å². The van der Waals surface area contributed by atoms with Crippen molar-refractivity contribution >= 4 is 56.1 Å². The number of sulfone groups is 1. The molecule has 37 heavy (non-hydrogen) atoms. The van der Waals surface area contributed by atoms with Crippen LogP contribution in [0, 0.1) is 17.6 Å². The number of nitrogens with two attached hydrogens (primary N) is 1. The van der Waals surface area contributed by atoms with E-state index >= 15 is 0 Å². The van der Waals surface area contributed by atoms with Crippen LogP contribution >= 0.6 is 11.6 Å². The highest BCUT2D eigenvalue weighted by Crippen LogP contribution is 2.38. The Hall–Kier alpha value is -3.06. The summed E-state index contributed by atoms with van der Waals surface area (Å²) in [6.45, 7) is 0. The van der Waals surface area contributed by atoms with E-state index in [1.54, 1.807) is 4.57 Å². The molecule has 0 atom stereocenters. The Kier molecular flexibility index (Phi) is 6.69. The molecule has 2 fully saturated rings. The van der Waals surface area contributed by atoms with E-state index in [4.69, 9.17) is 17.3 Å². The summed E-state index contributed by atoms with van der Waals surface area (Å²) in [7, 11) is -3.10. The minimum Gasteiger partial charge on any atom is -0.369 e. The van der Waals surface area contributed by atoms with Crippen molar-refractivity contribution < 1.29 is 22.0 Å². The zero-order chi connectivity index (χ0) is 26.5. The molecule has 10 nitrogen and oxygen atoms in total. The Balaban J connectivity index is 1.48. The number of carbonyl (C=O) groups excluding carboxylic acids is 1. The minimum atomic E-state index is -3.10. The van der Waals surface area contributed by atoms with Gasteiger partial charge in [-0.2, -0.15) is 4.98 Å². The van der Waals surface area contributed by atoms with Crippen molar-refractivity contribution in [3.05, 3.63) is 35.0 Å². The number of hydrogen-bond acceptors (Lipinski definition) is 8. The SMILES string of the molecule is CS(=O)(=O)C1CC(Nc2ncc3nc(Nc4c(F)cc(Cl)cc4F)n(C4CCC(C(N)=O)CC4)c3n2)C1. The zero-order valence-electron chi connectivity index (χ0n) is 19.9. The lowest BCUT2D eigenvalue weighted by molar-refractivity contribution is -0.122. The van der Waals surface area contributed by atoms with E-state index in [0.29, 0.717) is 55.6 Å². The third kappa shape index (κ3) is 5.19. The number of aromatic nitrogens is 4. The fourth-order valence-corrected chi connectivity index (χ4v) is 6.36. The summed E-state index contributed by atoms with van der Waals surface area (Å²) in [5.74, 6) is -1.86. The summed E-state index contributed by atoms with van der Waals surface area (Å²) < 4.78 is 54.4. The average molecular weight is 554 g/mol. The number of benzene rings is 1. The van der Waals surface area contributed by atoms with Gasteiger partial charge in [0.05, 0.1) is 11.4 Å². The second kappa shape index (κ2) is 9.67. The topological polar surface area (TPSA) is 145 Å². The van der Waals surface area contributed by atoms with E-state index in [-0.39, 0.29) is 40.1 Å². The van der Waals surface area contributed by atoms with Crippen molar-refractivity contribution in [2.45, 2.75) is 55.9 Å². The van der Waals surface area contributed by atoms with Gasteiger partial charge in [0.15, 0.2) is 17.3 Å². The highest BCUT2D eigenvalue weighted by molar-refractivity contribution is 7.91. The van der Waals surface area contributed by atoms with Crippen LogP contribution in [0.5, 0.6) is 0 Å². The van der Waals surface area contributed by atoms with Gasteiger partial charge in [-0.3, -0.25) is 9.36 Å². The van der Waals surface area contributed by atoms with Crippen LogP contribution < -0.4 is 16.4 Å². The maximum Gasteiger partial charge on any atom is 0.224 e. The fourth-order valence-electron chi connectivity index (χ4n) is 5.00. The highest BCUT2D eigenvalue weighted by Gasteiger charge is 2.37. The van der Waals surface area contributed by atoms with Gasteiger partial charge in [-0.15, -0.1) is 0 Å². The molecule has 2 aliphatic carbocycles. The minimum absolute atomic E-state index is 0.0745. The molecule has 3 aromatic rings. The van der Waals surface area contributed by atoms with Gasteiger partial charge >= 0.3 is 0 Å².